The molecule has 0 amide bonds. The quantitative estimate of drug-likeness (QED) is 0.0829. The zero-order valence-corrected chi connectivity index (χ0v) is 23.7. The van der Waals surface area contributed by atoms with Crippen LogP contribution in [0.4, 0.5) is 4.79 Å². The minimum absolute atomic E-state index is 0.00559. The lowest BCUT2D eigenvalue weighted by Gasteiger charge is -2.29. The Bertz CT molecular complexity index is 466. The van der Waals surface area contributed by atoms with E-state index in [9.17, 15) is 4.79 Å². The number of carbonyl (C=O) groups is 1. The van der Waals surface area contributed by atoms with E-state index in [4.69, 9.17) is 29.0 Å². The Balaban J connectivity index is 5.31. The smallest absolute Gasteiger partial charge is 0.401 e. The predicted molar refractivity (Wildman–Crippen MR) is 135 cm³/mol. The van der Waals surface area contributed by atoms with Crippen molar-refractivity contribution >= 4 is 6.16 Å². The average molecular weight is 491 g/mol. The van der Waals surface area contributed by atoms with Gasteiger partial charge in [-0.3, -0.25) is 0 Å². The summed E-state index contributed by atoms with van der Waals surface area (Å²) in [5.74, 6) is 0.0112. The van der Waals surface area contributed by atoms with Crippen molar-refractivity contribution in [3.63, 3.8) is 0 Å². The van der Waals surface area contributed by atoms with Gasteiger partial charge in [-0.1, -0.05) is 94.9 Å². The molecule has 0 aliphatic heterocycles. The van der Waals surface area contributed by atoms with Crippen LogP contribution in [0.5, 0.6) is 0 Å². The van der Waals surface area contributed by atoms with Crippen LogP contribution in [0.1, 0.15) is 121 Å². The summed E-state index contributed by atoms with van der Waals surface area (Å²) in [4.78, 5) is 35.0. The molecule has 0 rings (SSSR count). The van der Waals surface area contributed by atoms with Crippen LogP contribution >= 0.6 is 0 Å². The minimum atomic E-state index is -0.849. The first-order valence-corrected chi connectivity index (χ1v) is 13.3. The molecule has 7 heteroatoms. The Morgan fingerprint density at radius 1 is 0.647 bits per heavy atom. The minimum Gasteiger partial charge on any atom is -0.401 e. The first kappa shape index (κ1) is 33.1. The van der Waals surface area contributed by atoms with Crippen LogP contribution in [0.3, 0.4) is 0 Å². The number of carbonyl (C=O) groups excluding carboxylic acids is 1. The molecule has 0 bridgehead atoms. The summed E-state index contributed by atoms with van der Waals surface area (Å²) in [6, 6.07) is 0. The maximum atomic E-state index is 12.9. The Morgan fingerprint density at radius 2 is 1.00 bits per heavy atom. The van der Waals surface area contributed by atoms with Crippen molar-refractivity contribution in [3.05, 3.63) is 0 Å². The second-order valence-electron chi connectivity index (χ2n) is 11.7. The van der Waals surface area contributed by atoms with E-state index in [1.165, 1.54) is 0 Å². The van der Waals surface area contributed by atoms with Gasteiger partial charge in [-0.05, 0) is 36.5 Å². The van der Waals surface area contributed by atoms with Crippen molar-refractivity contribution in [2.75, 3.05) is 13.2 Å². The van der Waals surface area contributed by atoms with E-state index in [1.807, 2.05) is 0 Å². The Morgan fingerprint density at radius 3 is 1.26 bits per heavy atom. The average Bonchev–Trinajstić information content (AvgIpc) is 2.72. The summed E-state index contributed by atoms with van der Waals surface area (Å²) in [6.45, 7) is 21.4. The molecule has 4 atom stereocenters. The summed E-state index contributed by atoms with van der Waals surface area (Å²) in [5, 5.41) is 0. The van der Waals surface area contributed by atoms with Crippen molar-refractivity contribution in [2.24, 2.45) is 22.7 Å². The van der Waals surface area contributed by atoms with Gasteiger partial charge in [0.05, 0.1) is 13.2 Å². The van der Waals surface area contributed by atoms with Gasteiger partial charge < -0.3 is 9.47 Å². The normalized spacial score (nSPS) is 16.1. The van der Waals surface area contributed by atoms with Gasteiger partial charge in [0, 0.05) is 11.8 Å². The van der Waals surface area contributed by atoms with Gasteiger partial charge >= 0.3 is 6.16 Å². The largest absolute Gasteiger partial charge is 0.513 e. The monoisotopic (exact) mass is 490 g/mol. The van der Waals surface area contributed by atoms with Crippen LogP contribution in [-0.4, -0.2) is 31.9 Å². The van der Waals surface area contributed by atoms with E-state index in [2.05, 4.69) is 69.2 Å². The summed E-state index contributed by atoms with van der Waals surface area (Å²) in [6.07, 6.45) is 4.91. The van der Waals surface area contributed by atoms with Gasteiger partial charge in [-0.25, -0.2) is 14.6 Å². The van der Waals surface area contributed by atoms with Gasteiger partial charge in [0.2, 0.25) is 12.6 Å². The molecule has 0 heterocycles. The number of hydrogen-bond donors (Lipinski definition) is 0. The molecule has 0 aliphatic rings. The third kappa shape index (κ3) is 16.7. The van der Waals surface area contributed by atoms with E-state index in [1.54, 1.807) is 0 Å². The van der Waals surface area contributed by atoms with Gasteiger partial charge in [-0.2, -0.15) is 9.78 Å². The van der Waals surface area contributed by atoms with Crippen molar-refractivity contribution < 1.29 is 33.8 Å². The molecule has 0 radical (unpaired) electrons. The molecule has 34 heavy (non-hydrogen) atoms. The predicted octanol–water partition coefficient (Wildman–Crippen LogP) is 8.21. The van der Waals surface area contributed by atoms with E-state index >= 15 is 0 Å². The summed E-state index contributed by atoms with van der Waals surface area (Å²) in [7, 11) is 0. The molecule has 0 aromatic heterocycles. The van der Waals surface area contributed by atoms with Crippen LogP contribution in [0.2, 0.25) is 0 Å². The van der Waals surface area contributed by atoms with Crippen molar-refractivity contribution in [2.45, 2.75) is 133 Å². The highest BCUT2D eigenvalue weighted by Crippen LogP contribution is 2.26. The zero-order chi connectivity index (χ0) is 26.2. The Labute approximate surface area is 209 Å². The molecule has 0 saturated heterocycles. The van der Waals surface area contributed by atoms with Crippen molar-refractivity contribution in [1.29, 1.82) is 0 Å². The van der Waals surface area contributed by atoms with Gasteiger partial charge in [0.25, 0.3) is 0 Å². The molecule has 0 fully saturated rings. The highest BCUT2D eigenvalue weighted by Gasteiger charge is 2.32. The second kappa shape index (κ2) is 17.5. The Kier molecular flexibility index (Phi) is 17.1. The van der Waals surface area contributed by atoms with Gasteiger partial charge in [0.15, 0.2) is 0 Å². The van der Waals surface area contributed by atoms with Crippen LogP contribution < -0.4 is 0 Å². The molecule has 0 aliphatic carbocycles. The molecule has 0 spiro atoms. The van der Waals surface area contributed by atoms with Gasteiger partial charge in [-0.15, -0.1) is 0 Å². The lowest BCUT2D eigenvalue weighted by Crippen LogP contribution is -2.35. The molecular weight excluding hydrogens is 436 g/mol. The van der Waals surface area contributed by atoms with Crippen molar-refractivity contribution in [1.82, 2.24) is 0 Å². The molecule has 0 aromatic rings. The maximum absolute atomic E-state index is 12.9. The lowest BCUT2D eigenvalue weighted by atomic mass is 9.98. The first-order chi connectivity index (χ1) is 15.9. The topological polar surface area (TPSA) is 72.5 Å². The number of unbranched alkanes of at least 4 members (excludes halogenated alkanes) is 2. The van der Waals surface area contributed by atoms with Gasteiger partial charge in [0.1, 0.15) is 0 Å². The van der Waals surface area contributed by atoms with Crippen LogP contribution in [0.15, 0.2) is 0 Å². The lowest BCUT2D eigenvalue weighted by molar-refractivity contribution is -0.403. The van der Waals surface area contributed by atoms with E-state index in [0.717, 1.165) is 51.4 Å². The van der Waals surface area contributed by atoms with Crippen LogP contribution in [-0.2, 0) is 29.0 Å². The van der Waals surface area contributed by atoms with E-state index < -0.39 is 18.7 Å². The fraction of sp³-hybridized carbons (Fsp3) is 0.963. The summed E-state index contributed by atoms with van der Waals surface area (Å²) < 4.78 is 11.3. The molecule has 204 valence electrons. The highest BCUT2D eigenvalue weighted by molar-refractivity contribution is 5.60. The van der Waals surface area contributed by atoms with E-state index in [-0.39, 0.29) is 22.7 Å². The van der Waals surface area contributed by atoms with Crippen LogP contribution in [0.25, 0.3) is 0 Å². The third-order valence-electron chi connectivity index (χ3n) is 5.41. The number of ether oxygens (including phenoxy) is 2. The fourth-order valence-electron chi connectivity index (χ4n) is 3.16. The second-order valence-corrected chi connectivity index (χ2v) is 11.7. The molecule has 0 saturated carbocycles. The molecule has 0 aromatic carbocycles. The molecular formula is C27H54O7. The fourth-order valence-corrected chi connectivity index (χ4v) is 3.16. The zero-order valence-electron chi connectivity index (χ0n) is 23.7. The highest BCUT2D eigenvalue weighted by atomic mass is 17.2. The molecule has 0 N–H and O–H groups in total. The standard InChI is InChI=1S/C27H54O7/c1-11-15-17-21(13-3)23(33-29-19-26(5,6)7)31-25(28)32-24(22(14-4)18-16-12-2)34-30-20-27(8,9)10/h21-24H,11-20H2,1-10H3. The third-order valence-corrected chi connectivity index (χ3v) is 5.41. The molecule has 4 unspecified atom stereocenters. The SMILES string of the molecule is CCCCC(CC)C(OOCC(C)(C)C)OC(=O)OC(OOCC(C)(C)C)C(CC)CCCC. The summed E-state index contributed by atoms with van der Waals surface area (Å²) >= 11 is 0. The summed E-state index contributed by atoms with van der Waals surface area (Å²) in [5.41, 5.74) is -0.152. The molecule has 7 nitrogen and oxygen atoms in total. The number of rotatable bonds is 18. The van der Waals surface area contributed by atoms with Crippen molar-refractivity contribution in [3.8, 4) is 0 Å². The number of hydrogen-bond acceptors (Lipinski definition) is 7. The van der Waals surface area contributed by atoms with E-state index in [0.29, 0.717) is 13.2 Å². The van der Waals surface area contributed by atoms with Crippen LogP contribution in [0, 0.1) is 22.7 Å². The Hall–Kier alpha value is -0.890. The first-order valence-electron chi connectivity index (χ1n) is 13.3. The maximum Gasteiger partial charge on any atom is 0.513 e.